The molecule has 0 amide bonds. The molecule has 20 heavy (non-hydrogen) atoms. The average Bonchev–Trinajstić information content (AvgIpc) is 2.36. The maximum absolute atomic E-state index is 10.7. The van der Waals surface area contributed by atoms with E-state index in [0.717, 1.165) is 11.4 Å². The monoisotopic (exact) mass is 277 g/mol. The van der Waals surface area contributed by atoms with Gasteiger partial charge in [-0.3, -0.25) is 4.79 Å². The first-order chi connectivity index (χ1) is 9.29. The Balaban J connectivity index is 2.23. The number of aliphatic carboxylic acids is 1. The van der Waals surface area contributed by atoms with Crippen molar-refractivity contribution < 1.29 is 14.6 Å². The van der Waals surface area contributed by atoms with Crippen molar-refractivity contribution in [1.82, 2.24) is 0 Å². The van der Waals surface area contributed by atoms with Gasteiger partial charge in [0.15, 0.2) is 0 Å². The number of carboxylic acid groups (broad SMARTS) is 1. The smallest absolute Gasteiger partial charge is 0.303 e. The number of benzene rings is 1. The Labute approximate surface area is 120 Å². The van der Waals surface area contributed by atoms with Gasteiger partial charge in [0.2, 0.25) is 0 Å². The average molecular weight is 277 g/mol. The zero-order valence-electron chi connectivity index (χ0n) is 12.6. The molecule has 1 unspecified atom stereocenters. The van der Waals surface area contributed by atoms with Crippen molar-refractivity contribution in [3.63, 3.8) is 0 Å². The van der Waals surface area contributed by atoms with Crippen molar-refractivity contribution in [3.05, 3.63) is 23.8 Å². The Morgan fingerprint density at radius 1 is 1.45 bits per heavy atom. The summed E-state index contributed by atoms with van der Waals surface area (Å²) in [7, 11) is 2.01. The van der Waals surface area contributed by atoms with Gasteiger partial charge in [-0.25, -0.2) is 0 Å². The first kappa shape index (κ1) is 14.7. The maximum atomic E-state index is 10.7. The molecule has 4 nitrogen and oxygen atoms in total. The van der Waals surface area contributed by atoms with Gasteiger partial charge in [0, 0.05) is 13.5 Å². The highest BCUT2D eigenvalue weighted by Gasteiger charge is 2.26. The van der Waals surface area contributed by atoms with Crippen LogP contribution in [0.15, 0.2) is 18.2 Å². The van der Waals surface area contributed by atoms with Gasteiger partial charge in [0.05, 0.1) is 11.7 Å². The number of carbonyl (C=O) groups is 1. The van der Waals surface area contributed by atoms with Crippen LogP contribution in [-0.4, -0.2) is 30.8 Å². The van der Waals surface area contributed by atoms with Gasteiger partial charge in [-0.15, -0.1) is 0 Å². The molecule has 1 aliphatic rings. The summed E-state index contributed by atoms with van der Waals surface area (Å²) in [6, 6.07) is 6.39. The molecule has 0 saturated heterocycles. The minimum atomic E-state index is -0.757. The number of likely N-dealkylation sites (N-methyl/N-ethyl adjacent to an activating group) is 1. The quantitative estimate of drug-likeness (QED) is 0.922. The summed E-state index contributed by atoms with van der Waals surface area (Å²) in [5.74, 6) is 0.125. The molecular weight excluding hydrogens is 254 g/mol. The summed E-state index contributed by atoms with van der Waals surface area (Å²) in [5, 5.41) is 8.82. The van der Waals surface area contributed by atoms with Crippen LogP contribution in [0, 0.1) is 0 Å². The third kappa shape index (κ3) is 3.06. The number of hydrogen-bond acceptors (Lipinski definition) is 3. The number of rotatable bonds is 3. The summed E-state index contributed by atoms with van der Waals surface area (Å²) in [4.78, 5) is 12.9. The largest absolute Gasteiger partial charge is 0.489 e. The molecule has 1 aliphatic heterocycles. The van der Waals surface area contributed by atoms with E-state index in [-0.39, 0.29) is 17.9 Å². The number of fused-ring (bicyclic) bond motifs is 1. The molecule has 0 radical (unpaired) electrons. The lowest BCUT2D eigenvalue weighted by molar-refractivity contribution is -0.137. The number of carboxylic acids is 1. The van der Waals surface area contributed by atoms with E-state index in [9.17, 15) is 4.79 Å². The van der Waals surface area contributed by atoms with Crippen LogP contribution >= 0.6 is 0 Å². The van der Waals surface area contributed by atoms with Crippen molar-refractivity contribution in [3.8, 4) is 5.75 Å². The third-order valence-corrected chi connectivity index (χ3v) is 3.88. The molecule has 2 rings (SSSR count). The minimum absolute atomic E-state index is 0.0872. The van der Waals surface area contributed by atoms with Crippen molar-refractivity contribution in [2.45, 2.75) is 45.1 Å². The molecule has 0 fully saturated rings. The van der Waals surface area contributed by atoms with E-state index in [1.165, 1.54) is 5.56 Å². The minimum Gasteiger partial charge on any atom is -0.489 e. The SMILES string of the molecule is CN1c2cc(C(C)(C)C)ccc2OCC1CCC(=O)O. The van der Waals surface area contributed by atoms with E-state index in [2.05, 4.69) is 37.8 Å². The van der Waals surface area contributed by atoms with E-state index in [0.29, 0.717) is 13.0 Å². The molecular formula is C16H23NO3. The lowest BCUT2D eigenvalue weighted by Crippen LogP contribution is -2.40. The fourth-order valence-corrected chi connectivity index (χ4v) is 2.44. The Kier molecular flexibility index (Phi) is 3.93. The molecule has 0 aromatic heterocycles. The number of anilines is 1. The van der Waals surface area contributed by atoms with Crippen molar-refractivity contribution >= 4 is 11.7 Å². The summed E-state index contributed by atoms with van der Waals surface area (Å²) < 4.78 is 5.77. The highest BCUT2D eigenvalue weighted by atomic mass is 16.5. The molecule has 1 aromatic carbocycles. The second kappa shape index (κ2) is 5.35. The third-order valence-electron chi connectivity index (χ3n) is 3.88. The van der Waals surface area contributed by atoms with Crippen molar-refractivity contribution in [2.75, 3.05) is 18.6 Å². The highest BCUT2D eigenvalue weighted by molar-refractivity contribution is 5.67. The van der Waals surface area contributed by atoms with Gasteiger partial charge in [-0.05, 0) is 29.5 Å². The summed E-state index contributed by atoms with van der Waals surface area (Å²) in [6.45, 7) is 7.09. The van der Waals surface area contributed by atoms with Gasteiger partial charge in [0.25, 0.3) is 0 Å². The Morgan fingerprint density at radius 3 is 2.75 bits per heavy atom. The van der Waals surface area contributed by atoms with Crippen molar-refractivity contribution in [1.29, 1.82) is 0 Å². The zero-order valence-corrected chi connectivity index (χ0v) is 12.6. The van der Waals surface area contributed by atoms with Crippen LogP contribution in [0.4, 0.5) is 5.69 Å². The lowest BCUT2D eigenvalue weighted by atomic mass is 9.86. The molecule has 0 saturated carbocycles. The van der Waals surface area contributed by atoms with Gasteiger partial charge in [-0.1, -0.05) is 26.8 Å². The standard InChI is InChI=1S/C16H23NO3/c1-16(2,3)11-5-7-14-13(9-11)17(4)12(10-20-14)6-8-15(18)19/h5,7,9,12H,6,8,10H2,1-4H3,(H,18,19). The van der Waals surface area contributed by atoms with E-state index in [1.807, 2.05) is 13.1 Å². The second-order valence-electron chi connectivity index (χ2n) is 6.44. The van der Waals surface area contributed by atoms with Gasteiger partial charge in [0.1, 0.15) is 12.4 Å². The van der Waals surface area contributed by atoms with E-state index in [1.54, 1.807) is 0 Å². The van der Waals surface area contributed by atoms with E-state index < -0.39 is 5.97 Å². The number of hydrogen-bond donors (Lipinski definition) is 1. The predicted molar refractivity (Wildman–Crippen MR) is 79.7 cm³/mol. The first-order valence-electron chi connectivity index (χ1n) is 7.01. The second-order valence-corrected chi connectivity index (χ2v) is 6.44. The van der Waals surface area contributed by atoms with Gasteiger partial charge >= 0.3 is 5.97 Å². The van der Waals surface area contributed by atoms with Crippen LogP contribution in [0.2, 0.25) is 0 Å². The predicted octanol–water partition coefficient (Wildman–Crippen LogP) is 3.05. The zero-order chi connectivity index (χ0) is 14.9. The van der Waals surface area contributed by atoms with Gasteiger partial charge in [-0.2, -0.15) is 0 Å². The Bertz CT molecular complexity index is 505. The molecule has 110 valence electrons. The number of nitrogens with zero attached hydrogens (tertiary/aromatic N) is 1. The summed E-state index contributed by atoms with van der Waals surface area (Å²) >= 11 is 0. The van der Waals surface area contributed by atoms with Crippen LogP contribution in [0.25, 0.3) is 0 Å². The number of ether oxygens (including phenoxy) is 1. The fourth-order valence-electron chi connectivity index (χ4n) is 2.44. The summed E-state index contributed by atoms with van der Waals surface area (Å²) in [6.07, 6.45) is 0.775. The molecule has 0 aliphatic carbocycles. The van der Waals surface area contributed by atoms with E-state index >= 15 is 0 Å². The lowest BCUT2D eigenvalue weighted by Gasteiger charge is -2.36. The van der Waals surface area contributed by atoms with Gasteiger partial charge < -0.3 is 14.7 Å². The van der Waals surface area contributed by atoms with Crippen LogP contribution in [0.3, 0.4) is 0 Å². The highest BCUT2D eigenvalue weighted by Crippen LogP contribution is 2.37. The Hall–Kier alpha value is -1.71. The van der Waals surface area contributed by atoms with Crippen LogP contribution < -0.4 is 9.64 Å². The van der Waals surface area contributed by atoms with Crippen LogP contribution in [-0.2, 0) is 10.2 Å². The van der Waals surface area contributed by atoms with Crippen LogP contribution in [0.1, 0.15) is 39.2 Å². The molecule has 1 aromatic rings. The molecule has 0 bridgehead atoms. The summed E-state index contributed by atoms with van der Waals surface area (Å²) in [5.41, 5.74) is 2.40. The fraction of sp³-hybridized carbons (Fsp3) is 0.562. The first-order valence-corrected chi connectivity index (χ1v) is 7.01. The Morgan fingerprint density at radius 2 is 2.15 bits per heavy atom. The molecule has 0 spiro atoms. The normalized spacial score (nSPS) is 18.4. The molecule has 4 heteroatoms. The van der Waals surface area contributed by atoms with E-state index in [4.69, 9.17) is 9.84 Å². The molecule has 1 N–H and O–H groups in total. The molecule has 1 heterocycles. The van der Waals surface area contributed by atoms with Crippen molar-refractivity contribution in [2.24, 2.45) is 0 Å². The maximum Gasteiger partial charge on any atom is 0.303 e. The topological polar surface area (TPSA) is 49.8 Å². The van der Waals surface area contributed by atoms with Crippen LogP contribution in [0.5, 0.6) is 5.75 Å². The molecule has 1 atom stereocenters.